The molecule has 5 aliphatic heterocycles. The highest BCUT2D eigenvalue weighted by Gasteiger charge is 2.35. The number of nitrogens with zero attached hydrogens (tertiary/aromatic N) is 9. The predicted molar refractivity (Wildman–Crippen MR) is 523 cm³/mol. The van der Waals surface area contributed by atoms with E-state index >= 15 is 0 Å². The van der Waals surface area contributed by atoms with Crippen molar-refractivity contribution < 1.29 is 37.5 Å². The molecule has 17 nitrogen and oxygen atoms in total. The Hall–Kier alpha value is -12.7. The zero-order chi connectivity index (χ0) is 91.4. The quantitative estimate of drug-likeness (QED) is 0.0682. The van der Waals surface area contributed by atoms with Crippen LogP contribution in [-0.4, -0.2) is 150 Å². The first-order chi connectivity index (χ1) is 64.3. The minimum absolute atomic E-state index is 0.0128. The second-order valence-electron chi connectivity index (χ2n) is 36.0. The molecule has 0 radical (unpaired) electrons. The summed E-state index contributed by atoms with van der Waals surface area (Å²) in [6.45, 7) is 16.9. The maximum Gasteiger partial charge on any atom is 0.270 e. The molecule has 5 saturated heterocycles. The van der Waals surface area contributed by atoms with Crippen molar-refractivity contribution in [3.63, 3.8) is 0 Å². The summed E-state index contributed by atoms with van der Waals surface area (Å²) in [5.74, 6) is 1.53. The Bertz CT molecular complexity index is 6220. The van der Waals surface area contributed by atoms with Crippen molar-refractivity contribution in [2.24, 2.45) is 23.7 Å². The third-order valence-electron chi connectivity index (χ3n) is 27.1. The zero-order valence-electron chi connectivity index (χ0n) is 75.4. The number of halogens is 4. The molecule has 14 aromatic rings. The number of benzene rings is 10. The second kappa shape index (κ2) is 44.5. The summed E-state index contributed by atoms with van der Waals surface area (Å²) in [7, 11) is 0. The van der Waals surface area contributed by atoms with Gasteiger partial charge in [-0.25, -0.2) is 8.78 Å². The number of aromatic nitrogens is 4. The molecule has 21 heteroatoms. The Morgan fingerprint density at radius 1 is 0.356 bits per heavy atom. The van der Waals surface area contributed by atoms with Crippen LogP contribution in [0.25, 0.3) is 32.7 Å². The van der Waals surface area contributed by atoms with Crippen molar-refractivity contribution >= 4 is 91.4 Å². The standard InChI is InChI=1S/C30H30ClN3O2.C29H29FN2O.C27H32FN3O.C25H26ClN3O2/c1-21-5-4-6-23(17-21)19-32-29(35)24-13-15-33(16-14-24)30(36)28-18-25-7-2-3-8-27(25)34(28)20-22-9-11-26(31)12-10-22;1-21(23-7-3-2-4-8-23)24-15-17-31(18-16-24)29(33)28-19-25-9-5-6-10-27(25)32(28)20-22-11-13-26(30)14-12-22;28-24-10-8-21(9-11-24)20-31-25-7-3-2-6-23(25)18-26(31)27(32)30-16-12-22(13-17-30)19-29-14-4-1-5-15-29;26-22-10-8-20(9-11-22)18-29-14-4-7-23(29)25(31)28-15-12-21(13-16-28)24(30)27-17-19-5-2-1-3-6-19/h2-12,17-18,24H,13-16,19-20H2,1H3,(H,32,35);2-14,19,21,24H,15-18,20H2,1H3;2-3,6-11,18,22H,1,4-5,12-17,19-20H2;1-11,14,21H,12-13,15-18H2,(H,27,30). The van der Waals surface area contributed by atoms with Crippen LogP contribution in [0.5, 0.6) is 0 Å². The number of carbonyl (C=O) groups is 6. The monoisotopic (exact) mass is 1810 g/mol. The zero-order valence-corrected chi connectivity index (χ0v) is 76.9. The van der Waals surface area contributed by atoms with Gasteiger partial charge in [0.2, 0.25) is 11.8 Å². The lowest BCUT2D eigenvalue weighted by atomic mass is 9.81. The molecule has 0 aliphatic carbocycles. The Morgan fingerprint density at radius 3 is 1.17 bits per heavy atom. The third kappa shape index (κ3) is 23.8. The Morgan fingerprint density at radius 2 is 0.727 bits per heavy atom. The van der Waals surface area contributed by atoms with Gasteiger partial charge in [0.1, 0.15) is 34.4 Å². The summed E-state index contributed by atoms with van der Waals surface area (Å²) >= 11 is 12.0. The number of amides is 6. The van der Waals surface area contributed by atoms with E-state index in [9.17, 15) is 37.5 Å². The Kier molecular flexibility index (Phi) is 31.2. The molecule has 6 amide bonds. The number of aryl methyl sites for hydroxylation is 1. The van der Waals surface area contributed by atoms with Crippen LogP contribution in [0.1, 0.15) is 170 Å². The van der Waals surface area contributed by atoms with Crippen LogP contribution in [0, 0.1) is 42.2 Å². The fourth-order valence-corrected chi connectivity index (χ4v) is 19.7. The molecule has 0 saturated carbocycles. The minimum Gasteiger partial charge on any atom is -0.352 e. The van der Waals surface area contributed by atoms with Gasteiger partial charge in [0.25, 0.3) is 23.6 Å². The number of piperidine rings is 5. The van der Waals surface area contributed by atoms with Crippen molar-refractivity contribution in [3.05, 3.63) is 380 Å². The van der Waals surface area contributed by atoms with Gasteiger partial charge in [-0.15, -0.1) is 0 Å². The van der Waals surface area contributed by atoms with Gasteiger partial charge in [0.05, 0.1) is 0 Å². The van der Waals surface area contributed by atoms with Crippen molar-refractivity contribution in [3.8, 4) is 0 Å². The number of fused-ring (bicyclic) bond motifs is 3. The van der Waals surface area contributed by atoms with E-state index in [0.29, 0.717) is 136 Å². The molecule has 1 atom stereocenters. The molecule has 19 rings (SSSR count). The van der Waals surface area contributed by atoms with E-state index in [2.05, 4.69) is 84.7 Å². The molecule has 9 heterocycles. The number of hydrogen-bond donors (Lipinski definition) is 2. The predicted octanol–water partition coefficient (Wildman–Crippen LogP) is 21.8. The van der Waals surface area contributed by atoms with Gasteiger partial charge in [-0.2, -0.15) is 0 Å². The van der Waals surface area contributed by atoms with Crippen LogP contribution in [0.15, 0.2) is 291 Å². The van der Waals surface area contributed by atoms with E-state index in [4.69, 9.17) is 23.2 Å². The molecule has 0 bridgehead atoms. The van der Waals surface area contributed by atoms with Crippen LogP contribution in [0.3, 0.4) is 0 Å². The Balaban J connectivity index is 0.000000129. The van der Waals surface area contributed by atoms with Gasteiger partial charge in [-0.05, 0) is 238 Å². The number of nitrogens with one attached hydrogen (secondary N) is 2. The lowest BCUT2D eigenvalue weighted by Gasteiger charge is -2.36. The van der Waals surface area contributed by atoms with Crippen molar-refractivity contribution in [2.45, 2.75) is 130 Å². The average molecular weight is 1810 g/mol. The van der Waals surface area contributed by atoms with Gasteiger partial charge in [0.15, 0.2) is 0 Å². The summed E-state index contributed by atoms with van der Waals surface area (Å²) in [6, 6.07) is 91.2. The lowest BCUT2D eigenvalue weighted by molar-refractivity contribution is -0.127. The van der Waals surface area contributed by atoms with E-state index in [1.54, 1.807) is 24.3 Å². The number of carbonyl (C=O) groups excluding carboxylic acids is 6. The normalized spacial score (nSPS) is 15.6. The topological polar surface area (TPSA) is 162 Å². The molecule has 0 spiro atoms. The first kappa shape index (κ1) is 92.6. The lowest BCUT2D eigenvalue weighted by Crippen LogP contribution is -2.43. The third-order valence-corrected chi connectivity index (χ3v) is 27.6. The first-order valence-electron chi connectivity index (χ1n) is 46.8. The summed E-state index contributed by atoms with van der Waals surface area (Å²) in [4.78, 5) is 89.6. The van der Waals surface area contributed by atoms with E-state index in [-0.39, 0.29) is 58.9 Å². The molecule has 5 aliphatic rings. The van der Waals surface area contributed by atoms with Crippen molar-refractivity contribution in [1.82, 2.24) is 53.4 Å². The van der Waals surface area contributed by atoms with Crippen LogP contribution in [-0.2, 0) is 48.9 Å². The second-order valence-corrected chi connectivity index (χ2v) is 36.9. The van der Waals surface area contributed by atoms with Gasteiger partial charge in [0, 0.05) is 159 Å². The largest absolute Gasteiger partial charge is 0.352 e. The fourth-order valence-electron chi connectivity index (χ4n) is 19.4. The van der Waals surface area contributed by atoms with Crippen LogP contribution >= 0.6 is 23.2 Å². The van der Waals surface area contributed by atoms with E-state index in [1.807, 2.05) is 225 Å². The van der Waals surface area contributed by atoms with Gasteiger partial charge >= 0.3 is 0 Å². The molecular formula is C111H117Cl2F2N11O6. The summed E-state index contributed by atoms with van der Waals surface area (Å²) in [6.07, 6.45) is 12.9. The van der Waals surface area contributed by atoms with Crippen LogP contribution < -0.4 is 10.6 Å². The summed E-state index contributed by atoms with van der Waals surface area (Å²) < 4.78 is 35.0. The smallest absolute Gasteiger partial charge is 0.270 e. The molecule has 1 unspecified atom stereocenters. The Labute approximate surface area is 782 Å². The maximum absolute atomic E-state index is 13.6. The van der Waals surface area contributed by atoms with Crippen LogP contribution in [0.4, 0.5) is 8.78 Å². The molecule has 132 heavy (non-hydrogen) atoms. The highest BCUT2D eigenvalue weighted by atomic mass is 35.5. The maximum atomic E-state index is 13.6. The van der Waals surface area contributed by atoms with Crippen molar-refractivity contribution in [2.75, 3.05) is 72.0 Å². The summed E-state index contributed by atoms with van der Waals surface area (Å²) in [5, 5.41) is 10.6. The highest BCUT2D eigenvalue weighted by molar-refractivity contribution is 6.30. The minimum atomic E-state index is -0.250. The van der Waals surface area contributed by atoms with Crippen LogP contribution in [0.2, 0.25) is 10.0 Å². The van der Waals surface area contributed by atoms with E-state index in [0.717, 1.165) is 124 Å². The van der Waals surface area contributed by atoms with Gasteiger partial charge in [-0.3, -0.25) is 28.8 Å². The highest BCUT2D eigenvalue weighted by Crippen LogP contribution is 2.36. The molecule has 4 aromatic heterocycles. The van der Waals surface area contributed by atoms with E-state index in [1.165, 1.54) is 74.3 Å². The van der Waals surface area contributed by atoms with E-state index < -0.39 is 0 Å². The van der Waals surface area contributed by atoms with Gasteiger partial charge in [-0.1, -0.05) is 230 Å². The number of likely N-dealkylation sites (tertiary alicyclic amines) is 5. The molecule has 10 aromatic carbocycles. The number of rotatable bonds is 22. The molecule has 2 N–H and O–H groups in total. The number of hydrogen-bond acceptors (Lipinski definition) is 7. The molecular weight excluding hydrogens is 1690 g/mol. The van der Waals surface area contributed by atoms with Gasteiger partial charge < -0.3 is 53.4 Å². The van der Waals surface area contributed by atoms with Crippen molar-refractivity contribution in [1.29, 1.82) is 0 Å². The SMILES string of the molecule is CC(c1ccccc1)C1CCN(C(=O)c2cc3ccccc3n2Cc2ccc(F)cc2)CC1.Cc1cccc(CNC(=O)C2CCN(C(=O)c3cc4ccccc4n3Cc3ccc(Cl)cc3)CC2)c1.O=C(NCc1ccccc1)C1CCN(C(=O)c2cccn2Cc2ccc(Cl)cc2)CC1.O=C(c1cc2ccccc2n1Cc1ccc(F)cc1)N1CCC(CN2CCCCC2)CC1. The summed E-state index contributed by atoms with van der Waals surface area (Å²) in [5.41, 5.74) is 14.7. The molecule has 680 valence electrons. The first-order valence-corrected chi connectivity index (χ1v) is 47.6. The average Bonchev–Trinajstić information content (AvgIpc) is 1.66. The molecule has 5 fully saturated rings. The fraction of sp³-hybridized carbons (Fsp3) is 0.315. The number of para-hydroxylation sites is 3.